The van der Waals surface area contributed by atoms with E-state index in [4.69, 9.17) is 0 Å². The molecular formula is C18H31N5O2. The molecule has 0 spiro atoms. The molecule has 1 saturated heterocycles. The second-order valence-electron chi connectivity index (χ2n) is 7.02. The van der Waals surface area contributed by atoms with E-state index in [0.717, 1.165) is 25.8 Å². The Bertz CT molecular complexity index is 512. The predicted molar refractivity (Wildman–Crippen MR) is 99.3 cm³/mol. The molecule has 0 aromatic heterocycles. The minimum absolute atomic E-state index is 0.0517. The van der Waals surface area contributed by atoms with Crippen LogP contribution in [0.4, 0.5) is 0 Å². The van der Waals surface area contributed by atoms with Gasteiger partial charge in [0.05, 0.1) is 0 Å². The first-order valence-corrected chi connectivity index (χ1v) is 9.16. The molecule has 2 rings (SSSR count). The van der Waals surface area contributed by atoms with Crippen LogP contribution in [-0.2, 0) is 9.59 Å². The highest BCUT2D eigenvalue weighted by molar-refractivity contribution is 5.85. The van der Waals surface area contributed by atoms with Gasteiger partial charge in [-0.05, 0) is 19.3 Å². The molecule has 2 N–H and O–H groups in total. The van der Waals surface area contributed by atoms with Gasteiger partial charge in [0.1, 0.15) is 6.54 Å². The zero-order valence-electron chi connectivity index (χ0n) is 15.5. The van der Waals surface area contributed by atoms with Crippen molar-refractivity contribution in [3.8, 4) is 0 Å². The molecule has 1 saturated carbocycles. The van der Waals surface area contributed by atoms with Crippen LogP contribution in [0.5, 0.6) is 0 Å². The molecule has 0 aromatic carbocycles. The Morgan fingerprint density at radius 2 is 2.00 bits per heavy atom. The van der Waals surface area contributed by atoms with Crippen LogP contribution >= 0.6 is 0 Å². The van der Waals surface area contributed by atoms with Crippen LogP contribution in [0.2, 0.25) is 0 Å². The molecule has 1 aliphatic heterocycles. The predicted octanol–water partition coefficient (Wildman–Crippen LogP) is 0.587. The second kappa shape index (κ2) is 9.44. The molecule has 2 fully saturated rings. The van der Waals surface area contributed by atoms with Gasteiger partial charge in [0.15, 0.2) is 5.96 Å². The van der Waals surface area contributed by atoms with Gasteiger partial charge in [-0.25, -0.2) is 4.99 Å². The summed E-state index contributed by atoms with van der Waals surface area (Å²) < 4.78 is 0. The molecule has 7 nitrogen and oxygen atoms in total. The quantitative estimate of drug-likeness (QED) is 0.418. The lowest BCUT2D eigenvalue weighted by Crippen LogP contribution is -2.46. The Kier molecular flexibility index (Phi) is 7.28. The van der Waals surface area contributed by atoms with E-state index in [-0.39, 0.29) is 24.4 Å². The summed E-state index contributed by atoms with van der Waals surface area (Å²) in [6.07, 6.45) is 7.06. The summed E-state index contributed by atoms with van der Waals surface area (Å²) in [6.45, 7) is 5.85. The Morgan fingerprint density at radius 3 is 2.64 bits per heavy atom. The molecule has 140 valence electrons. The van der Waals surface area contributed by atoms with Gasteiger partial charge in [-0.2, -0.15) is 0 Å². The largest absolute Gasteiger partial charge is 0.353 e. The second-order valence-corrected chi connectivity index (χ2v) is 7.02. The first-order valence-electron chi connectivity index (χ1n) is 9.16. The fraction of sp³-hybridized carbons (Fsp3) is 0.722. The molecule has 25 heavy (non-hydrogen) atoms. The van der Waals surface area contributed by atoms with Gasteiger partial charge in [0.2, 0.25) is 11.8 Å². The Labute approximate surface area is 150 Å². The SMILES string of the molecule is C=CCNC(=NCC(=O)N(C)C)NC1CCN(C(=O)C2CCCC2)C1. The van der Waals surface area contributed by atoms with Crippen molar-refractivity contribution in [2.45, 2.75) is 38.1 Å². The number of likely N-dealkylation sites (N-methyl/N-ethyl adjacent to an activating group) is 1. The lowest BCUT2D eigenvalue weighted by molar-refractivity contribution is -0.134. The number of hydrogen-bond acceptors (Lipinski definition) is 3. The van der Waals surface area contributed by atoms with E-state index in [2.05, 4.69) is 22.2 Å². The standard InChI is InChI=1S/C18H31N5O2/c1-4-10-19-18(20-12-16(24)22(2)3)21-15-9-11-23(13-15)17(25)14-7-5-6-8-14/h4,14-15H,1,5-13H2,2-3H3,(H2,19,20,21). The normalized spacial score (nSPS) is 21.3. The van der Waals surface area contributed by atoms with Gasteiger partial charge in [-0.3, -0.25) is 9.59 Å². The minimum atomic E-state index is -0.0517. The number of likely N-dealkylation sites (tertiary alicyclic amines) is 1. The van der Waals surface area contributed by atoms with E-state index < -0.39 is 0 Å². The molecule has 1 aliphatic carbocycles. The summed E-state index contributed by atoms with van der Waals surface area (Å²) in [5.74, 6) is 1.07. The van der Waals surface area contributed by atoms with Gasteiger partial charge in [0.25, 0.3) is 0 Å². The van der Waals surface area contributed by atoms with Gasteiger partial charge in [-0.15, -0.1) is 6.58 Å². The van der Waals surface area contributed by atoms with E-state index in [1.807, 2.05) is 4.90 Å². The molecule has 2 amide bonds. The average molecular weight is 349 g/mol. The highest BCUT2D eigenvalue weighted by Crippen LogP contribution is 2.27. The molecule has 0 bridgehead atoms. The third-order valence-corrected chi connectivity index (χ3v) is 4.83. The molecule has 7 heteroatoms. The molecule has 2 aliphatic rings. The minimum Gasteiger partial charge on any atom is -0.353 e. The number of guanidine groups is 1. The van der Waals surface area contributed by atoms with Crippen molar-refractivity contribution in [2.75, 3.05) is 40.3 Å². The number of amides is 2. The van der Waals surface area contributed by atoms with Crippen molar-refractivity contribution in [3.63, 3.8) is 0 Å². The molecule has 0 radical (unpaired) electrons. The van der Waals surface area contributed by atoms with Crippen molar-refractivity contribution >= 4 is 17.8 Å². The number of rotatable bonds is 6. The molecule has 1 unspecified atom stereocenters. The summed E-state index contributed by atoms with van der Waals surface area (Å²) in [5.41, 5.74) is 0. The average Bonchev–Trinajstić information content (AvgIpc) is 3.28. The topological polar surface area (TPSA) is 77.0 Å². The van der Waals surface area contributed by atoms with E-state index in [9.17, 15) is 9.59 Å². The van der Waals surface area contributed by atoms with Crippen LogP contribution in [0, 0.1) is 5.92 Å². The van der Waals surface area contributed by atoms with Gasteiger partial charge in [-0.1, -0.05) is 18.9 Å². The number of carbonyl (C=O) groups excluding carboxylic acids is 2. The Hall–Kier alpha value is -2.05. The van der Waals surface area contributed by atoms with Crippen molar-refractivity contribution in [1.29, 1.82) is 0 Å². The maximum absolute atomic E-state index is 12.5. The van der Waals surface area contributed by atoms with Crippen molar-refractivity contribution in [2.24, 2.45) is 10.9 Å². The molecule has 1 heterocycles. The fourth-order valence-corrected chi connectivity index (χ4v) is 3.31. The van der Waals surface area contributed by atoms with Crippen molar-refractivity contribution in [1.82, 2.24) is 20.4 Å². The van der Waals surface area contributed by atoms with E-state index in [0.29, 0.717) is 25.0 Å². The van der Waals surface area contributed by atoms with Crippen LogP contribution in [0.1, 0.15) is 32.1 Å². The summed E-state index contributed by atoms with van der Waals surface area (Å²) in [5, 5.41) is 6.48. The summed E-state index contributed by atoms with van der Waals surface area (Å²) in [7, 11) is 3.43. The highest BCUT2D eigenvalue weighted by atomic mass is 16.2. The van der Waals surface area contributed by atoms with E-state index in [1.165, 1.54) is 17.7 Å². The van der Waals surface area contributed by atoms with Crippen LogP contribution in [0.25, 0.3) is 0 Å². The van der Waals surface area contributed by atoms with Crippen LogP contribution in [0.3, 0.4) is 0 Å². The first kappa shape index (κ1) is 19.3. The lowest BCUT2D eigenvalue weighted by Gasteiger charge is -2.21. The molecular weight excluding hydrogens is 318 g/mol. The third kappa shape index (κ3) is 5.76. The van der Waals surface area contributed by atoms with Crippen LogP contribution in [-0.4, -0.2) is 73.9 Å². The number of hydrogen-bond donors (Lipinski definition) is 2. The number of nitrogens with one attached hydrogen (secondary N) is 2. The summed E-state index contributed by atoms with van der Waals surface area (Å²) in [6, 6.07) is 0.163. The van der Waals surface area contributed by atoms with E-state index in [1.54, 1.807) is 20.2 Å². The Morgan fingerprint density at radius 1 is 1.28 bits per heavy atom. The van der Waals surface area contributed by atoms with Crippen molar-refractivity contribution in [3.05, 3.63) is 12.7 Å². The van der Waals surface area contributed by atoms with Gasteiger partial charge < -0.3 is 20.4 Å². The monoisotopic (exact) mass is 349 g/mol. The molecule has 1 atom stereocenters. The van der Waals surface area contributed by atoms with Crippen LogP contribution in [0.15, 0.2) is 17.6 Å². The van der Waals surface area contributed by atoms with Crippen LogP contribution < -0.4 is 10.6 Å². The highest BCUT2D eigenvalue weighted by Gasteiger charge is 2.32. The zero-order chi connectivity index (χ0) is 18.2. The maximum Gasteiger partial charge on any atom is 0.243 e. The maximum atomic E-state index is 12.5. The number of carbonyl (C=O) groups is 2. The molecule has 0 aromatic rings. The summed E-state index contributed by atoms with van der Waals surface area (Å²) >= 11 is 0. The Balaban J connectivity index is 1.87. The smallest absolute Gasteiger partial charge is 0.243 e. The number of nitrogens with zero attached hydrogens (tertiary/aromatic N) is 3. The zero-order valence-corrected chi connectivity index (χ0v) is 15.5. The lowest BCUT2D eigenvalue weighted by atomic mass is 10.1. The van der Waals surface area contributed by atoms with Gasteiger partial charge in [0, 0.05) is 45.7 Å². The van der Waals surface area contributed by atoms with E-state index >= 15 is 0 Å². The first-order chi connectivity index (χ1) is 12.0. The number of aliphatic imine (C=N–C) groups is 1. The van der Waals surface area contributed by atoms with Crippen molar-refractivity contribution < 1.29 is 9.59 Å². The fourth-order valence-electron chi connectivity index (χ4n) is 3.31. The summed E-state index contributed by atoms with van der Waals surface area (Å²) in [4.78, 5) is 32.1. The van der Waals surface area contributed by atoms with Gasteiger partial charge >= 0.3 is 0 Å². The third-order valence-electron chi connectivity index (χ3n) is 4.83.